The quantitative estimate of drug-likeness (QED) is 0.882. The Morgan fingerprint density at radius 2 is 2.52 bits per heavy atom. The molecule has 1 spiro atoms. The van der Waals surface area contributed by atoms with Gasteiger partial charge in [-0.05, 0) is 44.4 Å². The van der Waals surface area contributed by atoms with E-state index in [4.69, 9.17) is 22.9 Å². The van der Waals surface area contributed by atoms with Gasteiger partial charge >= 0.3 is 0 Å². The minimum atomic E-state index is -2.63. The number of likely N-dealkylation sites (N-methyl/N-ethyl adjacent to an activating group) is 1. The Bertz CT molecular complexity index is 985. The highest BCUT2D eigenvalue weighted by molar-refractivity contribution is 5.90. The molecule has 4 aliphatic rings. The van der Waals surface area contributed by atoms with Crippen molar-refractivity contribution in [3.05, 3.63) is 23.2 Å². The largest absolute Gasteiger partial charge is 0.493 e. The number of carbonyl (C=O) groups excluding carboxylic acids is 1. The fraction of sp³-hybridized carbons (Fsp3) is 0.611. The predicted molar refractivity (Wildman–Crippen MR) is 83.0 cm³/mol. The SMILES string of the molecule is [2H]O[C@@]12CCC(=O)C3Oc4c(OC)c([2H])c([2H])c5c4[C@@]31CCN(C([2H])([2H])[2H])[C@]2([2H])C5. The molecule has 2 aliphatic heterocycles. The zero-order valence-corrected chi connectivity index (χ0v) is 12.7. The number of likely N-dealkylation sites (tertiary alicyclic amines) is 1. The molecule has 2 fully saturated rings. The molecule has 1 saturated heterocycles. The first-order valence-corrected chi connectivity index (χ1v) is 7.82. The van der Waals surface area contributed by atoms with Crippen LogP contribution in [0.4, 0.5) is 0 Å². The summed E-state index contributed by atoms with van der Waals surface area (Å²) in [6, 6.07) is -2.36. The van der Waals surface area contributed by atoms with Crippen LogP contribution in [0.3, 0.4) is 0 Å². The van der Waals surface area contributed by atoms with Crippen molar-refractivity contribution in [3.8, 4) is 11.5 Å². The van der Waals surface area contributed by atoms with Crippen molar-refractivity contribution in [2.45, 2.75) is 48.8 Å². The molecule has 1 N–H and O–H groups in total. The van der Waals surface area contributed by atoms with Gasteiger partial charge in [-0.1, -0.05) is 6.04 Å². The highest BCUT2D eigenvalue weighted by atomic mass is 16.5. The second-order valence-corrected chi connectivity index (χ2v) is 6.75. The summed E-state index contributed by atoms with van der Waals surface area (Å²) in [5.74, 6) is -0.0129. The Morgan fingerprint density at radius 1 is 1.61 bits per heavy atom. The van der Waals surface area contributed by atoms with Crippen molar-refractivity contribution in [1.29, 1.82) is 1.43 Å². The van der Waals surface area contributed by atoms with E-state index in [0.29, 0.717) is 11.1 Å². The lowest BCUT2D eigenvalue weighted by Crippen LogP contribution is -2.76. The molecule has 2 heterocycles. The van der Waals surface area contributed by atoms with E-state index in [2.05, 4.69) is 0 Å². The van der Waals surface area contributed by atoms with Gasteiger partial charge in [0.25, 0.3) is 0 Å². The van der Waals surface area contributed by atoms with Crippen molar-refractivity contribution in [2.24, 2.45) is 0 Å². The van der Waals surface area contributed by atoms with Crippen LogP contribution in [0.2, 0.25) is 0 Å². The Balaban J connectivity index is 1.92. The van der Waals surface area contributed by atoms with E-state index in [-0.39, 0.29) is 61.6 Å². The number of carbonyl (C=O) groups is 1. The van der Waals surface area contributed by atoms with Gasteiger partial charge in [0, 0.05) is 22.1 Å². The molecule has 2 bridgehead atoms. The number of benzene rings is 1. The molecule has 0 aromatic heterocycles. The number of rotatable bonds is 2. The molecule has 1 aromatic carbocycles. The molecule has 1 aromatic rings. The second kappa shape index (κ2) is 4.08. The zero-order chi connectivity index (χ0) is 21.9. The van der Waals surface area contributed by atoms with Gasteiger partial charge < -0.3 is 19.5 Å². The smallest absolute Gasteiger partial charge is 0.211 e. The van der Waals surface area contributed by atoms with Crippen LogP contribution in [0.15, 0.2) is 12.1 Å². The van der Waals surface area contributed by atoms with Gasteiger partial charge in [0.1, 0.15) is 0 Å². The van der Waals surface area contributed by atoms with E-state index in [9.17, 15) is 6.17 Å². The highest BCUT2D eigenvalue weighted by Gasteiger charge is 2.72. The van der Waals surface area contributed by atoms with Gasteiger partial charge in [-0.15, -0.1) is 0 Å². The molecule has 1 unspecified atom stereocenters. The lowest BCUT2D eigenvalue weighted by Gasteiger charge is -2.62. The second-order valence-electron chi connectivity index (χ2n) is 6.75. The van der Waals surface area contributed by atoms with E-state index in [1.54, 1.807) is 0 Å². The summed E-state index contributed by atoms with van der Waals surface area (Å²) in [4.78, 5) is 14.0. The molecular weight excluding hydrogens is 294 g/mol. The molecule has 122 valence electrons. The summed E-state index contributed by atoms with van der Waals surface area (Å²) in [5, 5.41) is 5.31. The first-order valence-electron chi connectivity index (χ1n) is 11.2. The third-order valence-corrected chi connectivity index (χ3v) is 6.00. The van der Waals surface area contributed by atoms with Crippen molar-refractivity contribution in [1.82, 2.24) is 4.90 Å². The van der Waals surface area contributed by atoms with Crippen LogP contribution in [0.25, 0.3) is 0 Å². The molecule has 2 aliphatic carbocycles. The monoisotopic (exact) mass is 322 g/mol. The predicted octanol–water partition coefficient (Wildman–Crippen LogP) is 1.05. The summed E-state index contributed by atoms with van der Waals surface area (Å²) in [6.45, 7) is -2.65. The summed E-state index contributed by atoms with van der Waals surface area (Å²) in [6.07, 6.45) is -1.21. The maximum absolute atomic E-state index is 13.0. The first-order chi connectivity index (χ1) is 14.0. The maximum atomic E-state index is 13.0. The molecule has 0 radical (unpaired) electrons. The van der Waals surface area contributed by atoms with Crippen LogP contribution >= 0.6 is 0 Å². The van der Waals surface area contributed by atoms with Crippen molar-refractivity contribution < 1.29 is 27.6 Å². The highest BCUT2D eigenvalue weighted by Crippen LogP contribution is 2.64. The standard InChI is InChI=1S/C18H21NO4/c1-19-8-7-17-14-10-3-4-12(22-2)15(14)23-16(17)11(20)5-6-18(17,21)13(19)9-10/h3-4,13,16,21H,5-9H2,1-2H3/t13-,16?,17+,18-/m1/s1/i1D3,3D,4D,13D,21D. The van der Waals surface area contributed by atoms with Crippen LogP contribution < -0.4 is 9.47 Å². The number of piperidine rings is 1. The lowest BCUT2D eigenvalue weighted by molar-refractivity contribution is -0.185. The number of nitrogens with zero attached hydrogens (tertiary/aromatic N) is 1. The minimum Gasteiger partial charge on any atom is -0.493 e. The van der Waals surface area contributed by atoms with Gasteiger partial charge in [-0.25, -0.2) is 0 Å². The minimum absolute atomic E-state index is 0.00241. The topological polar surface area (TPSA) is 59.0 Å². The van der Waals surface area contributed by atoms with Crippen LogP contribution in [0, 0.1) is 0 Å². The van der Waals surface area contributed by atoms with Crippen LogP contribution in [0.5, 0.6) is 11.5 Å². The van der Waals surface area contributed by atoms with E-state index in [1.807, 2.05) is 0 Å². The summed E-state index contributed by atoms with van der Waals surface area (Å²) < 4.78 is 69.7. The number of ether oxygens (including phenoxy) is 2. The van der Waals surface area contributed by atoms with Gasteiger partial charge in [-0.2, -0.15) is 0 Å². The fourth-order valence-electron chi connectivity index (χ4n) is 5.03. The summed E-state index contributed by atoms with van der Waals surface area (Å²) in [5.41, 5.74) is -2.17. The molecule has 0 amide bonds. The van der Waals surface area contributed by atoms with Crippen LogP contribution in [-0.4, -0.2) is 55.6 Å². The third-order valence-electron chi connectivity index (χ3n) is 6.00. The first kappa shape index (κ1) is 8.49. The Kier molecular flexibility index (Phi) is 1.51. The average Bonchev–Trinajstić information content (AvgIpc) is 3.00. The van der Waals surface area contributed by atoms with E-state index >= 15 is 0 Å². The number of hydrogen-bond acceptors (Lipinski definition) is 5. The molecule has 5 nitrogen and oxygen atoms in total. The molecule has 5 rings (SSSR count). The Labute approximate surface area is 145 Å². The number of methoxy groups -OCH3 is 1. The van der Waals surface area contributed by atoms with Crippen molar-refractivity contribution in [3.63, 3.8) is 0 Å². The maximum Gasteiger partial charge on any atom is 0.211 e. The van der Waals surface area contributed by atoms with E-state index in [0.717, 1.165) is 4.90 Å². The Hall–Kier alpha value is -1.59. The molecular formula is C18H21NO4. The number of Topliss-reactive ketones (excluding diaryl/α,β-unsaturated/α-hetero) is 1. The number of ketones is 1. The Morgan fingerprint density at radius 3 is 3.30 bits per heavy atom. The normalized spacial score (nSPS) is 48.7. The molecule has 1 saturated carbocycles. The van der Waals surface area contributed by atoms with Gasteiger partial charge in [0.05, 0.1) is 22.2 Å². The van der Waals surface area contributed by atoms with Crippen molar-refractivity contribution >= 4 is 5.78 Å². The van der Waals surface area contributed by atoms with Crippen LogP contribution in [-0.2, 0) is 16.6 Å². The van der Waals surface area contributed by atoms with Crippen molar-refractivity contribution in [2.75, 3.05) is 20.6 Å². The van der Waals surface area contributed by atoms with E-state index < -0.39 is 30.1 Å². The lowest BCUT2D eigenvalue weighted by atomic mass is 9.49. The van der Waals surface area contributed by atoms with E-state index in [1.165, 1.54) is 7.11 Å². The average molecular weight is 322 g/mol. The molecule has 5 heteroatoms. The number of hydrogen-bond donors (Lipinski definition) is 1. The number of aliphatic hydroxyl groups is 1. The van der Waals surface area contributed by atoms with Gasteiger partial charge in [0.2, 0.25) is 1.43 Å². The molecule has 4 atom stereocenters. The van der Waals surface area contributed by atoms with Gasteiger partial charge in [-0.3, -0.25) is 4.79 Å². The zero-order valence-electron chi connectivity index (χ0n) is 19.7. The summed E-state index contributed by atoms with van der Waals surface area (Å²) in [7, 11) is 1.35. The fourth-order valence-corrected chi connectivity index (χ4v) is 5.03. The third kappa shape index (κ3) is 1.32. The molecule has 23 heavy (non-hydrogen) atoms. The van der Waals surface area contributed by atoms with Gasteiger partial charge in [0.15, 0.2) is 23.4 Å². The van der Waals surface area contributed by atoms with Crippen LogP contribution in [0.1, 0.15) is 38.6 Å². The summed E-state index contributed by atoms with van der Waals surface area (Å²) >= 11 is 0.